The Bertz CT molecular complexity index is 545. The van der Waals surface area contributed by atoms with E-state index in [9.17, 15) is 0 Å². The molecule has 2 nitrogen and oxygen atoms in total. The molecule has 0 aliphatic heterocycles. The number of halogens is 2. The Balaban J connectivity index is 2.20. The number of pyridine rings is 1. The number of benzene rings is 1. The van der Waals surface area contributed by atoms with E-state index in [1.165, 1.54) is 11.1 Å². The molecule has 0 aliphatic rings. The van der Waals surface area contributed by atoms with E-state index in [1.54, 1.807) is 0 Å². The summed E-state index contributed by atoms with van der Waals surface area (Å²) in [5, 5.41) is 4.34. The van der Waals surface area contributed by atoms with Gasteiger partial charge in [-0.1, -0.05) is 24.6 Å². The van der Waals surface area contributed by atoms with Crippen molar-refractivity contribution in [2.24, 2.45) is 0 Å². The third-order valence-corrected chi connectivity index (χ3v) is 4.39. The van der Waals surface area contributed by atoms with Crippen LogP contribution in [0, 0.1) is 0 Å². The van der Waals surface area contributed by atoms with Gasteiger partial charge in [0.05, 0.1) is 5.02 Å². The van der Waals surface area contributed by atoms with Crippen LogP contribution in [-0.2, 0) is 6.42 Å². The van der Waals surface area contributed by atoms with E-state index >= 15 is 0 Å². The summed E-state index contributed by atoms with van der Waals surface area (Å²) in [6, 6.07) is 10.5. The molecule has 20 heavy (non-hydrogen) atoms. The zero-order chi connectivity index (χ0) is 14.4. The molecule has 4 heteroatoms. The van der Waals surface area contributed by atoms with Gasteiger partial charge in [0.1, 0.15) is 0 Å². The van der Waals surface area contributed by atoms with Crippen LogP contribution in [0.2, 0.25) is 5.02 Å². The minimum atomic E-state index is 0.283. The van der Waals surface area contributed by atoms with Crippen molar-refractivity contribution in [1.82, 2.24) is 10.3 Å². The first-order valence-corrected chi connectivity index (χ1v) is 7.95. The van der Waals surface area contributed by atoms with Crippen LogP contribution < -0.4 is 5.32 Å². The van der Waals surface area contributed by atoms with Crippen LogP contribution in [0.15, 0.2) is 47.2 Å². The van der Waals surface area contributed by atoms with Crippen LogP contribution >= 0.6 is 27.5 Å². The molecule has 1 N–H and O–H groups in total. The molecule has 1 aromatic heterocycles. The third kappa shape index (κ3) is 4.30. The highest BCUT2D eigenvalue weighted by Crippen LogP contribution is 2.27. The highest BCUT2D eigenvalue weighted by molar-refractivity contribution is 9.10. The molecule has 0 amide bonds. The average molecular weight is 354 g/mol. The minimum Gasteiger partial charge on any atom is -0.310 e. The Morgan fingerprint density at radius 2 is 2.00 bits per heavy atom. The highest BCUT2D eigenvalue weighted by atomic mass is 79.9. The van der Waals surface area contributed by atoms with Crippen LogP contribution in [0.4, 0.5) is 0 Å². The molecular formula is C16H18BrClN2. The van der Waals surface area contributed by atoms with Crippen molar-refractivity contribution in [1.29, 1.82) is 0 Å². The van der Waals surface area contributed by atoms with Gasteiger partial charge in [0, 0.05) is 22.9 Å². The van der Waals surface area contributed by atoms with Gasteiger partial charge < -0.3 is 5.32 Å². The Labute approximate surface area is 133 Å². The lowest BCUT2D eigenvalue weighted by Gasteiger charge is -2.19. The quantitative estimate of drug-likeness (QED) is 0.808. The van der Waals surface area contributed by atoms with E-state index in [4.69, 9.17) is 11.6 Å². The normalized spacial score (nSPS) is 12.3. The van der Waals surface area contributed by atoms with Crippen molar-refractivity contribution in [3.63, 3.8) is 0 Å². The second-order valence-electron chi connectivity index (χ2n) is 4.74. The van der Waals surface area contributed by atoms with E-state index in [2.05, 4.69) is 57.4 Å². The van der Waals surface area contributed by atoms with Crippen molar-refractivity contribution in [3.05, 3.63) is 63.3 Å². The number of aromatic nitrogens is 1. The van der Waals surface area contributed by atoms with E-state index in [0.717, 1.165) is 28.9 Å². The SMILES string of the molecule is CCCNC(Cc1ccncc1)c1ccc(Cl)c(Br)c1. The summed E-state index contributed by atoms with van der Waals surface area (Å²) < 4.78 is 0.940. The van der Waals surface area contributed by atoms with Gasteiger partial charge in [-0.25, -0.2) is 0 Å². The highest BCUT2D eigenvalue weighted by Gasteiger charge is 2.12. The summed E-state index contributed by atoms with van der Waals surface area (Å²) in [5.41, 5.74) is 2.52. The maximum atomic E-state index is 6.07. The zero-order valence-electron chi connectivity index (χ0n) is 11.4. The number of hydrogen-bond donors (Lipinski definition) is 1. The number of rotatable bonds is 6. The van der Waals surface area contributed by atoms with E-state index < -0.39 is 0 Å². The zero-order valence-corrected chi connectivity index (χ0v) is 13.8. The Kier molecular flexibility index (Phi) is 6.02. The van der Waals surface area contributed by atoms with Gasteiger partial charge in [-0.15, -0.1) is 0 Å². The molecule has 1 aromatic carbocycles. The van der Waals surface area contributed by atoms with Gasteiger partial charge in [0.15, 0.2) is 0 Å². The Morgan fingerprint density at radius 1 is 1.25 bits per heavy atom. The molecule has 1 atom stereocenters. The van der Waals surface area contributed by atoms with Gasteiger partial charge in [-0.2, -0.15) is 0 Å². The average Bonchev–Trinajstić information content (AvgIpc) is 2.47. The number of hydrogen-bond acceptors (Lipinski definition) is 2. The van der Waals surface area contributed by atoms with Crippen molar-refractivity contribution in [2.75, 3.05) is 6.54 Å². The summed E-state index contributed by atoms with van der Waals surface area (Å²) >= 11 is 9.57. The van der Waals surface area contributed by atoms with Gasteiger partial charge in [-0.3, -0.25) is 4.98 Å². The fraction of sp³-hybridized carbons (Fsp3) is 0.312. The second kappa shape index (κ2) is 7.77. The van der Waals surface area contributed by atoms with Crippen molar-refractivity contribution >= 4 is 27.5 Å². The number of nitrogens with one attached hydrogen (secondary N) is 1. The lowest BCUT2D eigenvalue weighted by atomic mass is 9.99. The molecule has 0 saturated carbocycles. The van der Waals surface area contributed by atoms with Gasteiger partial charge in [0.25, 0.3) is 0 Å². The largest absolute Gasteiger partial charge is 0.310 e. The smallest absolute Gasteiger partial charge is 0.0548 e. The maximum Gasteiger partial charge on any atom is 0.0548 e. The number of nitrogens with zero attached hydrogens (tertiary/aromatic N) is 1. The van der Waals surface area contributed by atoms with Crippen LogP contribution in [0.25, 0.3) is 0 Å². The lowest BCUT2D eigenvalue weighted by molar-refractivity contribution is 0.529. The standard InChI is InChI=1S/C16H18BrClN2/c1-2-7-20-16(10-12-5-8-19-9-6-12)13-3-4-15(18)14(17)11-13/h3-6,8-9,11,16,20H,2,7,10H2,1H3. The summed E-state index contributed by atoms with van der Waals surface area (Å²) in [6.07, 6.45) is 5.73. The Hall–Kier alpha value is -0.900. The molecule has 1 unspecified atom stereocenters. The van der Waals surface area contributed by atoms with Crippen LogP contribution in [0.3, 0.4) is 0 Å². The first kappa shape index (κ1) is 15.5. The first-order chi connectivity index (χ1) is 9.70. The summed E-state index contributed by atoms with van der Waals surface area (Å²) in [6.45, 7) is 3.17. The molecule has 0 spiro atoms. The van der Waals surface area contributed by atoms with Gasteiger partial charge >= 0.3 is 0 Å². The molecule has 0 saturated heterocycles. The predicted molar refractivity (Wildman–Crippen MR) is 88.1 cm³/mol. The summed E-state index contributed by atoms with van der Waals surface area (Å²) in [4.78, 5) is 4.07. The predicted octanol–water partition coefficient (Wildman–Crippen LogP) is 4.78. The fourth-order valence-corrected chi connectivity index (χ4v) is 2.62. The lowest BCUT2D eigenvalue weighted by Crippen LogP contribution is -2.24. The van der Waals surface area contributed by atoms with E-state index in [1.807, 2.05) is 18.5 Å². The molecule has 2 rings (SSSR count). The van der Waals surface area contributed by atoms with Crippen LogP contribution in [0.1, 0.15) is 30.5 Å². The summed E-state index contributed by atoms with van der Waals surface area (Å²) in [5.74, 6) is 0. The van der Waals surface area contributed by atoms with Crippen molar-refractivity contribution in [2.45, 2.75) is 25.8 Å². The molecule has 0 radical (unpaired) electrons. The maximum absolute atomic E-state index is 6.07. The van der Waals surface area contributed by atoms with Gasteiger partial charge in [0.2, 0.25) is 0 Å². The minimum absolute atomic E-state index is 0.283. The molecule has 0 aliphatic carbocycles. The third-order valence-electron chi connectivity index (χ3n) is 3.18. The molecule has 106 valence electrons. The van der Waals surface area contributed by atoms with Crippen molar-refractivity contribution in [3.8, 4) is 0 Å². The Morgan fingerprint density at radius 3 is 2.65 bits per heavy atom. The molecule has 2 aromatic rings. The first-order valence-electron chi connectivity index (χ1n) is 6.78. The summed E-state index contributed by atoms with van der Waals surface area (Å²) in [7, 11) is 0. The molecule has 0 bridgehead atoms. The topological polar surface area (TPSA) is 24.9 Å². The van der Waals surface area contributed by atoms with E-state index in [0.29, 0.717) is 0 Å². The molecular weight excluding hydrogens is 336 g/mol. The van der Waals surface area contributed by atoms with Crippen molar-refractivity contribution < 1.29 is 0 Å². The molecule has 0 fully saturated rings. The fourth-order valence-electron chi connectivity index (χ4n) is 2.11. The monoisotopic (exact) mass is 352 g/mol. The second-order valence-corrected chi connectivity index (χ2v) is 6.00. The van der Waals surface area contributed by atoms with Gasteiger partial charge in [-0.05, 0) is 70.7 Å². The van der Waals surface area contributed by atoms with Crippen LogP contribution in [-0.4, -0.2) is 11.5 Å². The van der Waals surface area contributed by atoms with E-state index in [-0.39, 0.29) is 6.04 Å². The molecule has 1 heterocycles. The van der Waals surface area contributed by atoms with Crippen LogP contribution in [0.5, 0.6) is 0 Å².